The van der Waals surface area contributed by atoms with Gasteiger partial charge in [0.05, 0.1) is 23.1 Å². The van der Waals surface area contributed by atoms with Crippen molar-refractivity contribution in [1.29, 1.82) is 0 Å². The number of nitrogens with zero attached hydrogens (tertiary/aromatic N) is 3. The fourth-order valence-corrected chi connectivity index (χ4v) is 3.52. The van der Waals surface area contributed by atoms with Gasteiger partial charge in [0.15, 0.2) is 0 Å². The van der Waals surface area contributed by atoms with Crippen LogP contribution in [0.1, 0.15) is 5.56 Å². The Morgan fingerprint density at radius 2 is 1.48 bits per heavy atom. The molecule has 0 spiro atoms. The first kappa shape index (κ1) is 19.0. The van der Waals surface area contributed by atoms with Crippen LogP contribution in [0.25, 0.3) is 39.3 Å². The molecule has 154 valence electrons. The lowest BCUT2D eigenvalue weighted by Gasteiger charge is -2.09. The van der Waals surface area contributed by atoms with Crippen molar-refractivity contribution in [2.45, 2.75) is 6.18 Å². The molecule has 0 radical (unpaired) electrons. The van der Waals surface area contributed by atoms with Crippen LogP contribution < -0.4 is 0 Å². The van der Waals surface area contributed by atoms with E-state index in [0.29, 0.717) is 22.6 Å². The Kier molecular flexibility index (Phi) is 4.35. The number of fused-ring (bicyclic) bond motifs is 1. The highest BCUT2D eigenvalue weighted by molar-refractivity contribution is 5.81. The molecule has 0 saturated heterocycles. The molecule has 1 N–H and O–H groups in total. The average Bonchev–Trinajstić information content (AvgIpc) is 3.40. The first-order valence-electron chi connectivity index (χ1n) is 9.35. The Bertz CT molecular complexity index is 1360. The number of hydrogen-bond acceptors (Lipinski definition) is 2. The number of benzene rings is 2. The molecular formula is C23H14F4N4. The molecule has 8 heteroatoms. The van der Waals surface area contributed by atoms with Crippen LogP contribution in [-0.4, -0.2) is 19.6 Å². The zero-order chi connectivity index (χ0) is 21.6. The largest absolute Gasteiger partial charge is 0.416 e. The van der Waals surface area contributed by atoms with E-state index < -0.39 is 11.7 Å². The van der Waals surface area contributed by atoms with Crippen LogP contribution in [-0.2, 0) is 6.18 Å². The van der Waals surface area contributed by atoms with Gasteiger partial charge in [-0.1, -0.05) is 12.1 Å². The summed E-state index contributed by atoms with van der Waals surface area (Å²) < 4.78 is 53.7. The monoisotopic (exact) mass is 422 g/mol. The van der Waals surface area contributed by atoms with Gasteiger partial charge >= 0.3 is 6.18 Å². The van der Waals surface area contributed by atoms with Crippen LogP contribution in [0.2, 0.25) is 0 Å². The van der Waals surface area contributed by atoms with Gasteiger partial charge in [-0.15, -0.1) is 0 Å². The van der Waals surface area contributed by atoms with E-state index in [9.17, 15) is 17.6 Å². The van der Waals surface area contributed by atoms with Crippen molar-refractivity contribution in [2.75, 3.05) is 0 Å². The molecule has 3 heterocycles. The molecule has 0 atom stereocenters. The molecule has 0 amide bonds. The van der Waals surface area contributed by atoms with Crippen molar-refractivity contribution in [2.24, 2.45) is 0 Å². The van der Waals surface area contributed by atoms with E-state index in [2.05, 4.69) is 15.2 Å². The Labute approximate surface area is 173 Å². The lowest BCUT2D eigenvalue weighted by atomic mass is 10.0. The minimum absolute atomic E-state index is 0.332. The molecule has 5 rings (SSSR count). The highest BCUT2D eigenvalue weighted by Gasteiger charge is 2.30. The van der Waals surface area contributed by atoms with Crippen molar-refractivity contribution in [3.05, 3.63) is 90.6 Å². The maximum Gasteiger partial charge on any atom is 0.416 e. The van der Waals surface area contributed by atoms with E-state index in [4.69, 9.17) is 0 Å². The number of aromatic nitrogens is 4. The molecule has 5 aromatic rings. The molecule has 0 bridgehead atoms. The second-order valence-corrected chi connectivity index (χ2v) is 7.02. The van der Waals surface area contributed by atoms with E-state index >= 15 is 0 Å². The highest BCUT2D eigenvalue weighted by atomic mass is 19.4. The predicted molar refractivity (Wildman–Crippen MR) is 109 cm³/mol. The normalized spacial score (nSPS) is 11.9. The molecule has 0 aliphatic heterocycles. The number of rotatable bonds is 3. The first-order chi connectivity index (χ1) is 14.9. The topological polar surface area (TPSA) is 46.0 Å². The van der Waals surface area contributed by atoms with Gasteiger partial charge in [-0.2, -0.15) is 18.3 Å². The Morgan fingerprint density at radius 3 is 2.19 bits per heavy atom. The summed E-state index contributed by atoms with van der Waals surface area (Å²) in [5.41, 5.74) is 4.29. The van der Waals surface area contributed by atoms with Crippen LogP contribution in [0.4, 0.5) is 17.6 Å². The van der Waals surface area contributed by atoms with Gasteiger partial charge < -0.3 is 0 Å². The van der Waals surface area contributed by atoms with Gasteiger partial charge in [0.25, 0.3) is 0 Å². The minimum atomic E-state index is -4.39. The fourth-order valence-electron chi connectivity index (χ4n) is 3.52. The van der Waals surface area contributed by atoms with Crippen LogP contribution in [0.15, 0.2) is 79.3 Å². The summed E-state index contributed by atoms with van der Waals surface area (Å²) in [6.07, 6.45) is 0.836. The molecule has 0 fully saturated rings. The van der Waals surface area contributed by atoms with Gasteiger partial charge in [0.1, 0.15) is 11.5 Å². The summed E-state index contributed by atoms with van der Waals surface area (Å²) in [5.74, 6) is -0.332. The van der Waals surface area contributed by atoms with Gasteiger partial charge in [0.2, 0.25) is 0 Å². The Balaban J connectivity index is 1.58. The summed E-state index contributed by atoms with van der Waals surface area (Å²) in [4.78, 5) is 4.35. The molecule has 2 aromatic carbocycles. The molecule has 4 nitrogen and oxygen atoms in total. The SMILES string of the molecule is Fc1ccc(-c2n[nH]cc2-c2ccc3ncc(-c4ccc(C(F)(F)F)cc4)n3c2)cc1. The number of nitrogens with one attached hydrogen (secondary N) is 1. The van der Waals surface area contributed by atoms with Gasteiger partial charge in [-0.25, -0.2) is 9.37 Å². The Hall–Kier alpha value is -3.94. The lowest BCUT2D eigenvalue weighted by molar-refractivity contribution is -0.137. The number of pyridine rings is 1. The Morgan fingerprint density at radius 1 is 0.806 bits per heavy atom. The van der Waals surface area contributed by atoms with Crippen LogP contribution in [0.3, 0.4) is 0 Å². The smallest absolute Gasteiger partial charge is 0.299 e. The van der Waals surface area contributed by atoms with Crippen molar-refractivity contribution >= 4 is 5.65 Å². The molecule has 3 aromatic heterocycles. The fraction of sp³-hybridized carbons (Fsp3) is 0.0435. The summed E-state index contributed by atoms with van der Waals surface area (Å²) >= 11 is 0. The molecule has 0 aliphatic rings. The lowest BCUT2D eigenvalue weighted by Crippen LogP contribution is -2.04. The summed E-state index contributed by atoms with van der Waals surface area (Å²) in [6.45, 7) is 0. The standard InChI is InChI=1S/C23H14F4N4/c24-18-8-3-15(4-9-18)22-19(11-29-30-22)16-5-10-21-28-12-20(31(21)13-16)14-1-6-17(7-2-14)23(25,26)27/h1-13H,(H,29,30). The predicted octanol–water partition coefficient (Wildman–Crippen LogP) is 6.22. The molecule has 31 heavy (non-hydrogen) atoms. The molecule has 0 aliphatic carbocycles. The number of aromatic amines is 1. The summed E-state index contributed by atoms with van der Waals surface area (Å²) in [5, 5.41) is 7.14. The number of H-pyrrole nitrogens is 1. The van der Waals surface area contributed by atoms with Crippen molar-refractivity contribution in [1.82, 2.24) is 19.6 Å². The van der Waals surface area contributed by atoms with Crippen LogP contribution in [0, 0.1) is 5.82 Å². The number of imidazole rings is 1. The number of hydrogen-bond donors (Lipinski definition) is 1. The third kappa shape index (κ3) is 3.46. The summed E-state index contributed by atoms with van der Waals surface area (Å²) in [6, 6.07) is 14.7. The number of alkyl halides is 3. The quantitative estimate of drug-likeness (QED) is 0.351. The molecule has 0 saturated carbocycles. The maximum atomic E-state index is 13.3. The highest BCUT2D eigenvalue weighted by Crippen LogP contribution is 2.33. The van der Waals surface area contributed by atoms with Crippen molar-refractivity contribution < 1.29 is 17.6 Å². The third-order valence-corrected chi connectivity index (χ3v) is 5.08. The van der Waals surface area contributed by atoms with E-state index in [-0.39, 0.29) is 5.82 Å². The van der Waals surface area contributed by atoms with E-state index in [1.165, 1.54) is 24.3 Å². The molecule has 0 unspecified atom stereocenters. The van der Waals surface area contributed by atoms with E-state index in [0.717, 1.165) is 28.8 Å². The van der Waals surface area contributed by atoms with E-state index in [1.54, 1.807) is 24.5 Å². The van der Waals surface area contributed by atoms with Crippen molar-refractivity contribution in [3.8, 4) is 33.6 Å². The maximum absolute atomic E-state index is 13.3. The second-order valence-electron chi connectivity index (χ2n) is 7.02. The van der Waals surface area contributed by atoms with Crippen LogP contribution >= 0.6 is 0 Å². The zero-order valence-electron chi connectivity index (χ0n) is 15.9. The van der Waals surface area contributed by atoms with E-state index in [1.807, 2.05) is 22.7 Å². The minimum Gasteiger partial charge on any atom is -0.299 e. The second kappa shape index (κ2) is 7.09. The zero-order valence-corrected chi connectivity index (χ0v) is 15.9. The van der Waals surface area contributed by atoms with Gasteiger partial charge in [-0.05, 0) is 48.5 Å². The van der Waals surface area contributed by atoms with Crippen LogP contribution in [0.5, 0.6) is 0 Å². The van der Waals surface area contributed by atoms with Gasteiger partial charge in [0, 0.05) is 34.6 Å². The molecular weight excluding hydrogens is 408 g/mol. The van der Waals surface area contributed by atoms with Crippen molar-refractivity contribution in [3.63, 3.8) is 0 Å². The average molecular weight is 422 g/mol. The van der Waals surface area contributed by atoms with Gasteiger partial charge in [-0.3, -0.25) is 9.50 Å². The first-order valence-corrected chi connectivity index (χ1v) is 9.35. The number of halogens is 4. The third-order valence-electron chi connectivity index (χ3n) is 5.08. The summed E-state index contributed by atoms with van der Waals surface area (Å²) in [7, 11) is 0.